The summed E-state index contributed by atoms with van der Waals surface area (Å²) in [4.78, 5) is 12.9. The van der Waals surface area contributed by atoms with Crippen molar-refractivity contribution in [2.75, 3.05) is 25.7 Å². The Bertz CT molecular complexity index is 857. The van der Waals surface area contributed by atoms with Crippen molar-refractivity contribution in [2.24, 2.45) is 0 Å². The lowest BCUT2D eigenvalue weighted by molar-refractivity contribution is -0.112. The van der Waals surface area contributed by atoms with Gasteiger partial charge in [0.25, 0.3) is 0 Å². The van der Waals surface area contributed by atoms with Crippen LogP contribution in [0.5, 0.6) is 23.0 Å². The number of hydrogen-bond acceptors (Lipinski definition) is 6. The lowest BCUT2D eigenvalue weighted by Gasteiger charge is -2.16. The summed E-state index contributed by atoms with van der Waals surface area (Å²) in [7, 11) is 2.97. The van der Waals surface area contributed by atoms with Crippen LogP contribution in [0.4, 0.5) is 0 Å². The zero-order chi connectivity index (χ0) is 19.4. The number of ether oxygens (including phenoxy) is 2. The molecule has 3 rings (SSSR count). The van der Waals surface area contributed by atoms with Crippen LogP contribution in [-0.4, -0.2) is 41.7 Å². The number of methoxy groups -OCH3 is 2. The molecule has 0 unspecified atom stereocenters. The Balaban J connectivity index is 1.89. The molecule has 0 spiro atoms. The molecule has 1 aliphatic rings. The molecule has 140 valence electrons. The lowest BCUT2D eigenvalue weighted by Crippen LogP contribution is -2.16. The first-order chi connectivity index (χ1) is 13.0. The lowest BCUT2D eigenvalue weighted by atomic mass is 10.0. The molecule has 0 radical (unpaired) electrons. The van der Waals surface area contributed by atoms with Crippen LogP contribution in [0.2, 0.25) is 0 Å². The second-order valence-electron chi connectivity index (χ2n) is 6.02. The number of phenols is 2. The molecule has 1 aliphatic heterocycles. The fourth-order valence-corrected chi connectivity index (χ4v) is 3.76. The number of phenolic OH excluding ortho intramolecular Hbond substituents is 2. The molecule has 0 aliphatic carbocycles. The molecule has 5 nitrogen and oxygen atoms in total. The van der Waals surface area contributed by atoms with Crippen molar-refractivity contribution in [1.29, 1.82) is 0 Å². The summed E-state index contributed by atoms with van der Waals surface area (Å²) >= 11 is 1.66. The molecular weight excluding hydrogens is 364 g/mol. The van der Waals surface area contributed by atoms with Gasteiger partial charge in [0.15, 0.2) is 28.8 Å². The quantitative estimate of drug-likeness (QED) is 0.779. The van der Waals surface area contributed by atoms with E-state index in [0.717, 1.165) is 11.1 Å². The van der Waals surface area contributed by atoms with Crippen LogP contribution in [0.25, 0.3) is 12.2 Å². The molecule has 1 heterocycles. The van der Waals surface area contributed by atoms with Gasteiger partial charge in [-0.25, -0.2) is 0 Å². The summed E-state index contributed by atoms with van der Waals surface area (Å²) in [5.41, 5.74) is 2.97. The average Bonchev–Trinajstić information content (AvgIpc) is 2.67. The summed E-state index contributed by atoms with van der Waals surface area (Å²) < 4.78 is 10.2. The van der Waals surface area contributed by atoms with Gasteiger partial charge in [0.2, 0.25) is 0 Å². The van der Waals surface area contributed by atoms with E-state index < -0.39 is 0 Å². The number of carbonyl (C=O) groups is 1. The third-order valence-corrected chi connectivity index (χ3v) is 5.22. The fraction of sp³-hybridized carbons (Fsp3) is 0.190. The van der Waals surface area contributed by atoms with Crippen molar-refractivity contribution in [1.82, 2.24) is 0 Å². The van der Waals surface area contributed by atoms with E-state index in [1.54, 1.807) is 48.2 Å². The van der Waals surface area contributed by atoms with Crippen LogP contribution >= 0.6 is 11.8 Å². The maximum atomic E-state index is 12.9. The van der Waals surface area contributed by atoms with Crippen molar-refractivity contribution < 1.29 is 24.5 Å². The fourth-order valence-electron chi connectivity index (χ4n) is 2.79. The average molecular weight is 384 g/mol. The van der Waals surface area contributed by atoms with E-state index in [9.17, 15) is 15.0 Å². The van der Waals surface area contributed by atoms with Crippen molar-refractivity contribution in [3.8, 4) is 23.0 Å². The molecule has 0 aromatic heterocycles. The molecule has 27 heavy (non-hydrogen) atoms. The highest BCUT2D eigenvalue weighted by Gasteiger charge is 2.21. The second kappa shape index (κ2) is 8.22. The van der Waals surface area contributed by atoms with Crippen molar-refractivity contribution in [3.63, 3.8) is 0 Å². The monoisotopic (exact) mass is 384 g/mol. The summed E-state index contributed by atoms with van der Waals surface area (Å²) in [5.74, 6) is 2.10. The molecular formula is C21H20O5S. The standard InChI is InChI=1S/C21H20O5S/c1-25-19-9-13(3-5-17(19)22)7-15-11-27-12-16(21(15)24)8-14-4-6-18(23)20(10-14)26-2/h3-10,22-23H,11-12H2,1-2H3/b15-7+,16-8+. The Labute approximate surface area is 161 Å². The number of rotatable bonds is 4. The Hall–Kier alpha value is -2.86. The SMILES string of the molecule is COc1cc(/C=C2\CSC/C(=C\c3ccc(O)c(OC)c3)C2=O)ccc1O. The summed E-state index contributed by atoms with van der Waals surface area (Å²) in [6.07, 6.45) is 3.64. The molecule has 2 aromatic rings. The molecule has 2 aromatic carbocycles. The molecule has 2 N–H and O–H groups in total. The summed E-state index contributed by atoms with van der Waals surface area (Å²) in [6, 6.07) is 9.97. The van der Waals surface area contributed by atoms with Crippen molar-refractivity contribution in [3.05, 3.63) is 58.7 Å². The molecule has 1 fully saturated rings. The number of Topliss-reactive ketones (excluding diaryl/α,β-unsaturated/α-hetero) is 1. The first-order valence-corrected chi connectivity index (χ1v) is 9.45. The van der Waals surface area contributed by atoms with E-state index in [0.29, 0.717) is 34.2 Å². The van der Waals surface area contributed by atoms with E-state index >= 15 is 0 Å². The number of carbonyl (C=O) groups excluding carboxylic acids is 1. The van der Waals surface area contributed by atoms with Crippen LogP contribution < -0.4 is 9.47 Å². The minimum absolute atomic E-state index is 0.00664. The molecule has 1 saturated heterocycles. The number of ketones is 1. The maximum absolute atomic E-state index is 12.9. The van der Waals surface area contributed by atoms with Crippen LogP contribution in [0.1, 0.15) is 11.1 Å². The number of aromatic hydroxyl groups is 2. The van der Waals surface area contributed by atoms with Crippen LogP contribution in [-0.2, 0) is 4.79 Å². The maximum Gasteiger partial charge on any atom is 0.186 e. The molecule has 0 saturated carbocycles. The van der Waals surface area contributed by atoms with Gasteiger partial charge in [-0.15, -0.1) is 0 Å². The third kappa shape index (κ3) is 4.28. The first kappa shape index (κ1) is 18.9. The third-order valence-electron chi connectivity index (χ3n) is 4.19. The second-order valence-corrected chi connectivity index (χ2v) is 7.01. The van der Waals surface area contributed by atoms with E-state index in [1.165, 1.54) is 14.2 Å². The van der Waals surface area contributed by atoms with Gasteiger partial charge in [0, 0.05) is 22.7 Å². The molecule has 6 heteroatoms. The zero-order valence-corrected chi connectivity index (χ0v) is 15.9. The highest BCUT2D eigenvalue weighted by atomic mass is 32.2. The van der Waals surface area contributed by atoms with Gasteiger partial charge in [-0.05, 0) is 47.5 Å². The van der Waals surface area contributed by atoms with Crippen LogP contribution in [0, 0.1) is 0 Å². The first-order valence-electron chi connectivity index (χ1n) is 8.29. The van der Waals surface area contributed by atoms with E-state index in [-0.39, 0.29) is 17.3 Å². The Morgan fingerprint density at radius 2 is 1.30 bits per heavy atom. The van der Waals surface area contributed by atoms with Gasteiger partial charge in [-0.3, -0.25) is 4.79 Å². The van der Waals surface area contributed by atoms with Crippen molar-refractivity contribution in [2.45, 2.75) is 0 Å². The predicted octanol–water partition coefficient (Wildman–Crippen LogP) is 3.90. The minimum Gasteiger partial charge on any atom is -0.504 e. The molecule has 0 atom stereocenters. The van der Waals surface area contributed by atoms with E-state index in [1.807, 2.05) is 12.2 Å². The summed E-state index contributed by atoms with van der Waals surface area (Å²) in [6.45, 7) is 0. The number of hydrogen-bond donors (Lipinski definition) is 2. The number of benzene rings is 2. The largest absolute Gasteiger partial charge is 0.504 e. The highest BCUT2D eigenvalue weighted by Crippen LogP contribution is 2.32. The topological polar surface area (TPSA) is 76.0 Å². The van der Waals surface area contributed by atoms with Crippen LogP contribution in [0.3, 0.4) is 0 Å². The zero-order valence-electron chi connectivity index (χ0n) is 15.1. The molecule has 0 amide bonds. The van der Waals surface area contributed by atoms with Crippen LogP contribution in [0.15, 0.2) is 47.5 Å². The highest BCUT2D eigenvalue weighted by molar-refractivity contribution is 7.99. The minimum atomic E-state index is -0.00664. The summed E-state index contributed by atoms with van der Waals surface area (Å²) in [5, 5.41) is 19.4. The van der Waals surface area contributed by atoms with Crippen molar-refractivity contribution >= 4 is 29.7 Å². The molecule has 0 bridgehead atoms. The van der Waals surface area contributed by atoms with Gasteiger partial charge in [-0.2, -0.15) is 11.8 Å². The van der Waals surface area contributed by atoms with E-state index in [4.69, 9.17) is 9.47 Å². The smallest absolute Gasteiger partial charge is 0.186 e. The van der Waals surface area contributed by atoms with Gasteiger partial charge in [0.05, 0.1) is 14.2 Å². The Kier molecular flexibility index (Phi) is 5.76. The number of thioether (sulfide) groups is 1. The van der Waals surface area contributed by atoms with Gasteiger partial charge in [-0.1, -0.05) is 12.1 Å². The Morgan fingerprint density at radius 1 is 0.852 bits per heavy atom. The van der Waals surface area contributed by atoms with E-state index in [2.05, 4.69) is 0 Å². The Morgan fingerprint density at radius 3 is 1.70 bits per heavy atom. The van der Waals surface area contributed by atoms with Gasteiger partial charge in [0.1, 0.15) is 0 Å². The van der Waals surface area contributed by atoms with Gasteiger partial charge < -0.3 is 19.7 Å². The predicted molar refractivity (Wildman–Crippen MR) is 108 cm³/mol. The normalized spacial score (nSPS) is 17.3. The van der Waals surface area contributed by atoms with Gasteiger partial charge >= 0.3 is 0 Å².